The van der Waals surface area contributed by atoms with E-state index in [1.165, 1.54) is 11.3 Å². The van der Waals surface area contributed by atoms with Gasteiger partial charge in [-0.05, 0) is 42.5 Å². The van der Waals surface area contributed by atoms with Crippen molar-refractivity contribution in [2.45, 2.75) is 0 Å². The predicted octanol–water partition coefficient (Wildman–Crippen LogP) is 3.56. The lowest BCUT2D eigenvalue weighted by molar-refractivity contribution is 0.0844. The third-order valence-electron chi connectivity index (χ3n) is 3.76. The topological polar surface area (TPSA) is 89.5 Å². The van der Waals surface area contributed by atoms with Crippen LogP contribution in [0.15, 0.2) is 47.8 Å². The summed E-state index contributed by atoms with van der Waals surface area (Å²) in [6, 6.07) is 11.7. The van der Waals surface area contributed by atoms with Crippen LogP contribution in [0, 0.1) is 0 Å². The van der Waals surface area contributed by atoms with Crippen LogP contribution in [0.5, 0.6) is 11.5 Å². The predicted molar refractivity (Wildman–Crippen MR) is 107 cm³/mol. The first-order chi connectivity index (χ1) is 13.5. The van der Waals surface area contributed by atoms with E-state index in [1.54, 1.807) is 56.0 Å². The number of hydrogen-bond donors (Lipinski definition) is 2. The minimum absolute atomic E-state index is 0.186. The van der Waals surface area contributed by atoms with Gasteiger partial charge in [-0.15, -0.1) is 11.3 Å². The number of hydrogen-bond acceptors (Lipinski definition) is 6. The van der Waals surface area contributed by atoms with E-state index in [0.717, 1.165) is 5.56 Å². The Balaban J connectivity index is 1.67. The first-order valence-corrected chi connectivity index (χ1v) is 9.31. The fraction of sp³-hybridized carbons (Fsp3) is 0.105. The summed E-state index contributed by atoms with van der Waals surface area (Å²) in [5, 5.41) is 2.76. The maximum absolute atomic E-state index is 12.3. The van der Waals surface area contributed by atoms with Crippen LogP contribution in [0.2, 0.25) is 5.02 Å². The third-order valence-corrected chi connectivity index (χ3v) is 4.91. The van der Waals surface area contributed by atoms with Crippen molar-refractivity contribution < 1.29 is 19.1 Å². The summed E-state index contributed by atoms with van der Waals surface area (Å²) in [6.07, 6.45) is 0. The van der Waals surface area contributed by atoms with Gasteiger partial charge in [0, 0.05) is 21.5 Å². The molecule has 0 atom stereocenters. The van der Waals surface area contributed by atoms with Crippen molar-refractivity contribution in [2.75, 3.05) is 14.2 Å². The highest BCUT2D eigenvalue weighted by Gasteiger charge is 2.15. The van der Waals surface area contributed by atoms with Gasteiger partial charge in [0.15, 0.2) is 11.5 Å². The number of halogens is 1. The van der Waals surface area contributed by atoms with Gasteiger partial charge >= 0.3 is 0 Å². The molecule has 28 heavy (non-hydrogen) atoms. The van der Waals surface area contributed by atoms with Crippen LogP contribution in [-0.4, -0.2) is 31.0 Å². The second-order valence-corrected chi connectivity index (χ2v) is 6.82. The number of amides is 2. The highest BCUT2D eigenvalue weighted by atomic mass is 35.5. The Labute approximate surface area is 170 Å². The monoisotopic (exact) mass is 417 g/mol. The average molecular weight is 418 g/mol. The first kappa shape index (κ1) is 19.7. The summed E-state index contributed by atoms with van der Waals surface area (Å²) in [6.45, 7) is 0. The number of ether oxygens (including phenoxy) is 2. The molecule has 0 aliphatic rings. The number of aromatic nitrogens is 1. The molecule has 1 heterocycles. The van der Waals surface area contributed by atoms with Crippen LogP contribution in [-0.2, 0) is 0 Å². The molecule has 0 spiro atoms. The molecule has 0 radical (unpaired) electrons. The molecule has 3 rings (SSSR count). The summed E-state index contributed by atoms with van der Waals surface area (Å²) < 4.78 is 10.5. The Morgan fingerprint density at radius 3 is 2.32 bits per heavy atom. The van der Waals surface area contributed by atoms with Gasteiger partial charge in [0.2, 0.25) is 0 Å². The summed E-state index contributed by atoms with van der Waals surface area (Å²) in [5.41, 5.74) is 6.03. The van der Waals surface area contributed by atoms with E-state index in [2.05, 4.69) is 15.8 Å². The van der Waals surface area contributed by atoms with Crippen molar-refractivity contribution in [3.05, 3.63) is 64.1 Å². The lowest BCUT2D eigenvalue weighted by Gasteiger charge is -2.08. The van der Waals surface area contributed by atoms with E-state index in [4.69, 9.17) is 21.1 Å². The van der Waals surface area contributed by atoms with Gasteiger partial charge < -0.3 is 9.47 Å². The number of benzene rings is 2. The zero-order valence-corrected chi connectivity index (χ0v) is 16.6. The largest absolute Gasteiger partial charge is 0.493 e. The number of nitrogens with one attached hydrogen (secondary N) is 2. The van der Waals surface area contributed by atoms with Crippen LogP contribution < -0.4 is 20.3 Å². The van der Waals surface area contributed by atoms with Crippen LogP contribution in [0.25, 0.3) is 10.6 Å². The van der Waals surface area contributed by atoms with E-state index < -0.39 is 11.8 Å². The van der Waals surface area contributed by atoms with Gasteiger partial charge in [-0.25, -0.2) is 4.98 Å². The normalized spacial score (nSPS) is 10.2. The van der Waals surface area contributed by atoms with Gasteiger partial charge in [0.25, 0.3) is 11.8 Å². The number of hydrazine groups is 1. The second-order valence-electron chi connectivity index (χ2n) is 5.52. The Morgan fingerprint density at radius 2 is 1.64 bits per heavy atom. The molecule has 1 aromatic heterocycles. The molecule has 0 unspecified atom stereocenters. The average Bonchev–Trinajstić information content (AvgIpc) is 3.22. The van der Waals surface area contributed by atoms with Crippen molar-refractivity contribution in [3.63, 3.8) is 0 Å². The van der Waals surface area contributed by atoms with Gasteiger partial charge in [-0.1, -0.05) is 11.6 Å². The van der Waals surface area contributed by atoms with Crippen LogP contribution in [0.3, 0.4) is 0 Å². The highest BCUT2D eigenvalue weighted by molar-refractivity contribution is 7.13. The lowest BCUT2D eigenvalue weighted by Crippen LogP contribution is -2.41. The summed E-state index contributed by atoms with van der Waals surface area (Å²) in [5.74, 6) is 0.188. The second kappa shape index (κ2) is 8.73. The molecule has 0 aliphatic carbocycles. The Bertz CT molecular complexity index is 1000. The molecular weight excluding hydrogens is 402 g/mol. The molecule has 9 heteroatoms. The third kappa shape index (κ3) is 4.41. The van der Waals surface area contributed by atoms with Crippen LogP contribution in [0.1, 0.15) is 20.8 Å². The zero-order valence-electron chi connectivity index (χ0n) is 15.0. The molecule has 0 saturated heterocycles. The zero-order chi connectivity index (χ0) is 20.1. The highest BCUT2D eigenvalue weighted by Crippen LogP contribution is 2.33. The van der Waals surface area contributed by atoms with Crippen molar-refractivity contribution in [3.8, 4) is 22.1 Å². The molecule has 0 bridgehead atoms. The summed E-state index contributed by atoms with van der Waals surface area (Å²) in [4.78, 5) is 28.6. The van der Waals surface area contributed by atoms with Gasteiger partial charge in [-0.2, -0.15) is 0 Å². The molecule has 0 saturated carbocycles. The number of carbonyl (C=O) groups excluding carboxylic acids is 2. The molecule has 0 aliphatic heterocycles. The number of methoxy groups -OCH3 is 2. The SMILES string of the molecule is COc1ccc(-c2nc(C(=O)NNC(=O)c3ccc(Cl)cc3)cs2)cc1OC. The Morgan fingerprint density at radius 1 is 0.964 bits per heavy atom. The first-order valence-electron chi connectivity index (χ1n) is 8.06. The van der Waals surface area contributed by atoms with Gasteiger partial charge in [0.05, 0.1) is 14.2 Å². The maximum atomic E-state index is 12.3. The fourth-order valence-corrected chi connectivity index (χ4v) is 3.25. The molecule has 2 aromatic carbocycles. The van der Waals surface area contributed by atoms with E-state index in [-0.39, 0.29) is 5.69 Å². The van der Waals surface area contributed by atoms with Crippen LogP contribution >= 0.6 is 22.9 Å². The quantitative estimate of drug-likeness (QED) is 0.619. The fourth-order valence-electron chi connectivity index (χ4n) is 2.33. The van der Waals surface area contributed by atoms with Crippen molar-refractivity contribution >= 4 is 34.8 Å². The van der Waals surface area contributed by atoms with E-state index in [1.807, 2.05) is 6.07 Å². The number of nitrogens with zero attached hydrogens (tertiary/aromatic N) is 1. The Hall–Kier alpha value is -3.10. The van der Waals surface area contributed by atoms with E-state index in [9.17, 15) is 9.59 Å². The molecule has 0 fully saturated rings. The molecule has 2 amide bonds. The standard InChI is InChI=1S/C19H16ClN3O4S/c1-26-15-8-5-12(9-16(15)27-2)19-21-14(10-28-19)18(25)23-22-17(24)11-3-6-13(20)7-4-11/h3-10H,1-2H3,(H,22,24)(H,23,25). The van der Waals surface area contributed by atoms with Crippen molar-refractivity contribution in [1.29, 1.82) is 0 Å². The molecule has 144 valence electrons. The molecular formula is C19H16ClN3O4S. The maximum Gasteiger partial charge on any atom is 0.289 e. The molecule has 2 N–H and O–H groups in total. The summed E-state index contributed by atoms with van der Waals surface area (Å²) in [7, 11) is 3.10. The van der Waals surface area contributed by atoms with Gasteiger partial charge in [0.1, 0.15) is 10.7 Å². The lowest BCUT2D eigenvalue weighted by atomic mass is 10.2. The number of rotatable bonds is 5. The van der Waals surface area contributed by atoms with E-state index in [0.29, 0.717) is 27.1 Å². The van der Waals surface area contributed by atoms with Crippen molar-refractivity contribution in [1.82, 2.24) is 15.8 Å². The summed E-state index contributed by atoms with van der Waals surface area (Å²) >= 11 is 7.09. The number of thiazole rings is 1. The molecule has 3 aromatic rings. The van der Waals surface area contributed by atoms with Crippen molar-refractivity contribution in [2.24, 2.45) is 0 Å². The number of carbonyl (C=O) groups is 2. The smallest absolute Gasteiger partial charge is 0.289 e. The molecule has 7 nitrogen and oxygen atoms in total. The minimum atomic E-state index is -0.523. The van der Waals surface area contributed by atoms with Crippen LogP contribution in [0.4, 0.5) is 0 Å². The Kier molecular flexibility index (Phi) is 6.13. The van der Waals surface area contributed by atoms with Gasteiger partial charge in [-0.3, -0.25) is 20.4 Å². The van der Waals surface area contributed by atoms with E-state index >= 15 is 0 Å². The minimum Gasteiger partial charge on any atom is -0.493 e.